The van der Waals surface area contributed by atoms with Crippen molar-refractivity contribution in [2.24, 2.45) is 0 Å². The molecule has 2 rings (SSSR count). The zero-order valence-corrected chi connectivity index (χ0v) is 12.5. The lowest BCUT2D eigenvalue weighted by atomic mass is 9.95. The minimum Gasteiger partial charge on any atom is -0.300 e. The molecule has 0 saturated carbocycles. The molecule has 0 aliphatic carbocycles. The zero-order valence-electron chi connectivity index (χ0n) is 12.5. The summed E-state index contributed by atoms with van der Waals surface area (Å²) in [6.45, 7) is 4.93. The van der Waals surface area contributed by atoms with Gasteiger partial charge in [-0.1, -0.05) is 62.9 Å². The molecule has 1 fully saturated rings. The van der Waals surface area contributed by atoms with Crippen molar-refractivity contribution in [3.05, 3.63) is 35.9 Å². The third-order valence-electron chi connectivity index (χ3n) is 4.36. The molecular formula is C18H29N. The minimum atomic E-state index is 0.790. The largest absolute Gasteiger partial charge is 0.300 e. The van der Waals surface area contributed by atoms with Crippen LogP contribution in [0.25, 0.3) is 0 Å². The number of unbranched alkanes of at least 4 members (excludes halogenated alkanes) is 3. The summed E-state index contributed by atoms with van der Waals surface area (Å²) >= 11 is 0. The van der Waals surface area contributed by atoms with Crippen molar-refractivity contribution in [3.8, 4) is 0 Å². The first kappa shape index (κ1) is 14.6. The molecule has 1 heterocycles. The molecular weight excluding hydrogens is 230 g/mol. The molecule has 1 aliphatic heterocycles. The highest BCUT2D eigenvalue weighted by atomic mass is 15.2. The van der Waals surface area contributed by atoms with Crippen molar-refractivity contribution >= 4 is 0 Å². The van der Waals surface area contributed by atoms with Gasteiger partial charge in [-0.3, -0.25) is 0 Å². The summed E-state index contributed by atoms with van der Waals surface area (Å²) in [6, 6.07) is 11.8. The molecule has 1 heteroatoms. The molecule has 1 aliphatic rings. The van der Waals surface area contributed by atoms with E-state index in [-0.39, 0.29) is 0 Å². The summed E-state index contributed by atoms with van der Waals surface area (Å²) in [5.41, 5.74) is 1.51. The van der Waals surface area contributed by atoms with Crippen LogP contribution in [0.1, 0.15) is 57.4 Å². The molecule has 0 amide bonds. The summed E-state index contributed by atoms with van der Waals surface area (Å²) in [4.78, 5) is 2.76. The maximum Gasteiger partial charge on any atom is 0.0136 e. The summed E-state index contributed by atoms with van der Waals surface area (Å²) < 4.78 is 0. The first-order chi connectivity index (χ1) is 9.40. The van der Waals surface area contributed by atoms with Gasteiger partial charge in [0.2, 0.25) is 0 Å². The Kier molecular flexibility index (Phi) is 6.43. The van der Waals surface area contributed by atoms with Crippen molar-refractivity contribution in [2.75, 3.05) is 13.1 Å². The van der Waals surface area contributed by atoms with Gasteiger partial charge in [0.15, 0.2) is 0 Å². The van der Waals surface area contributed by atoms with Crippen LogP contribution in [0.15, 0.2) is 30.3 Å². The molecule has 0 radical (unpaired) electrons. The van der Waals surface area contributed by atoms with Crippen LogP contribution < -0.4 is 0 Å². The fourth-order valence-corrected chi connectivity index (χ4v) is 3.21. The van der Waals surface area contributed by atoms with Crippen LogP contribution in [-0.2, 0) is 6.42 Å². The molecule has 0 aromatic heterocycles. The van der Waals surface area contributed by atoms with Gasteiger partial charge in [0, 0.05) is 6.04 Å². The van der Waals surface area contributed by atoms with Crippen LogP contribution >= 0.6 is 0 Å². The van der Waals surface area contributed by atoms with E-state index in [1.54, 1.807) is 0 Å². The molecule has 1 nitrogen and oxygen atoms in total. The maximum atomic E-state index is 2.76. The smallest absolute Gasteiger partial charge is 0.0136 e. The van der Waals surface area contributed by atoms with E-state index in [0.29, 0.717) is 0 Å². The summed E-state index contributed by atoms with van der Waals surface area (Å²) in [5.74, 6) is 0. The number of likely N-dealkylation sites (tertiary alicyclic amines) is 1. The molecule has 0 N–H and O–H groups in total. The highest BCUT2D eigenvalue weighted by Crippen LogP contribution is 2.21. The maximum absolute atomic E-state index is 2.76. The highest BCUT2D eigenvalue weighted by molar-refractivity contribution is 5.16. The molecule has 1 saturated heterocycles. The van der Waals surface area contributed by atoms with E-state index >= 15 is 0 Å². The van der Waals surface area contributed by atoms with Crippen LogP contribution in [0.3, 0.4) is 0 Å². The molecule has 0 spiro atoms. The van der Waals surface area contributed by atoms with Gasteiger partial charge < -0.3 is 4.90 Å². The normalized spacial score (nSPS) is 20.6. The SMILES string of the molecule is CCCCCCN1CCCCC1Cc1ccccc1. The van der Waals surface area contributed by atoms with Gasteiger partial charge in [-0.2, -0.15) is 0 Å². The van der Waals surface area contributed by atoms with E-state index in [0.717, 1.165) is 6.04 Å². The second kappa shape index (κ2) is 8.37. The highest BCUT2D eigenvalue weighted by Gasteiger charge is 2.21. The Morgan fingerprint density at radius 3 is 2.68 bits per heavy atom. The van der Waals surface area contributed by atoms with Crippen LogP contribution in [0, 0.1) is 0 Å². The Morgan fingerprint density at radius 1 is 1.05 bits per heavy atom. The standard InChI is InChI=1S/C18H29N/c1-2-3-4-9-14-19-15-10-8-13-18(19)16-17-11-6-5-7-12-17/h5-7,11-12,18H,2-4,8-10,13-16H2,1H3. The van der Waals surface area contributed by atoms with Crippen LogP contribution in [-0.4, -0.2) is 24.0 Å². The van der Waals surface area contributed by atoms with Gasteiger partial charge in [-0.05, 0) is 44.3 Å². The number of hydrogen-bond donors (Lipinski definition) is 0. The summed E-state index contributed by atoms with van der Waals surface area (Å²) in [7, 11) is 0. The molecule has 0 bridgehead atoms. The van der Waals surface area contributed by atoms with Gasteiger partial charge >= 0.3 is 0 Å². The van der Waals surface area contributed by atoms with E-state index in [4.69, 9.17) is 0 Å². The molecule has 1 atom stereocenters. The molecule has 1 aromatic rings. The second-order valence-corrected chi connectivity index (χ2v) is 5.94. The van der Waals surface area contributed by atoms with E-state index < -0.39 is 0 Å². The lowest BCUT2D eigenvalue weighted by Crippen LogP contribution is -2.41. The Bertz CT molecular complexity index is 333. The van der Waals surface area contributed by atoms with Crippen molar-refractivity contribution in [1.29, 1.82) is 0 Å². The van der Waals surface area contributed by atoms with Crippen LogP contribution in [0.4, 0.5) is 0 Å². The number of benzene rings is 1. The third-order valence-corrected chi connectivity index (χ3v) is 4.36. The average molecular weight is 259 g/mol. The molecule has 1 unspecified atom stereocenters. The first-order valence-corrected chi connectivity index (χ1v) is 8.18. The van der Waals surface area contributed by atoms with Gasteiger partial charge in [-0.15, -0.1) is 0 Å². The Hall–Kier alpha value is -0.820. The topological polar surface area (TPSA) is 3.24 Å². The number of piperidine rings is 1. The predicted octanol–water partition coefficient (Wildman–Crippen LogP) is 4.66. The van der Waals surface area contributed by atoms with Gasteiger partial charge in [0.1, 0.15) is 0 Å². The minimum absolute atomic E-state index is 0.790. The number of hydrogen-bond acceptors (Lipinski definition) is 1. The summed E-state index contributed by atoms with van der Waals surface area (Å²) in [6.07, 6.45) is 11.0. The van der Waals surface area contributed by atoms with Gasteiger partial charge in [0.05, 0.1) is 0 Å². The lowest BCUT2D eigenvalue weighted by Gasteiger charge is -2.36. The number of nitrogens with zero attached hydrogens (tertiary/aromatic N) is 1. The van der Waals surface area contributed by atoms with E-state index in [9.17, 15) is 0 Å². The van der Waals surface area contributed by atoms with E-state index in [1.807, 2.05) is 0 Å². The third kappa shape index (κ3) is 4.99. The Morgan fingerprint density at radius 2 is 1.89 bits per heavy atom. The quantitative estimate of drug-likeness (QED) is 0.643. The van der Waals surface area contributed by atoms with Crippen LogP contribution in [0.5, 0.6) is 0 Å². The second-order valence-electron chi connectivity index (χ2n) is 5.94. The van der Waals surface area contributed by atoms with E-state index in [1.165, 1.54) is 70.0 Å². The molecule has 19 heavy (non-hydrogen) atoms. The Labute approximate surface area is 119 Å². The van der Waals surface area contributed by atoms with Crippen molar-refractivity contribution in [1.82, 2.24) is 4.90 Å². The monoisotopic (exact) mass is 259 g/mol. The van der Waals surface area contributed by atoms with E-state index in [2.05, 4.69) is 42.2 Å². The molecule has 1 aromatic carbocycles. The van der Waals surface area contributed by atoms with Crippen LogP contribution in [0.2, 0.25) is 0 Å². The average Bonchev–Trinajstić information content (AvgIpc) is 2.46. The van der Waals surface area contributed by atoms with Crippen molar-refractivity contribution in [2.45, 2.75) is 64.3 Å². The van der Waals surface area contributed by atoms with Gasteiger partial charge in [-0.25, -0.2) is 0 Å². The predicted molar refractivity (Wildman–Crippen MR) is 83.5 cm³/mol. The first-order valence-electron chi connectivity index (χ1n) is 8.18. The fourth-order valence-electron chi connectivity index (χ4n) is 3.21. The fraction of sp³-hybridized carbons (Fsp3) is 0.667. The molecule has 106 valence electrons. The van der Waals surface area contributed by atoms with Crippen molar-refractivity contribution in [3.63, 3.8) is 0 Å². The Balaban J connectivity index is 1.82. The number of rotatable bonds is 7. The lowest BCUT2D eigenvalue weighted by molar-refractivity contribution is 0.144. The summed E-state index contributed by atoms with van der Waals surface area (Å²) in [5, 5.41) is 0. The van der Waals surface area contributed by atoms with Crippen molar-refractivity contribution < 1.29 is 0 Å². The zero-order chi connectivity index (χ0) is 13.3. The van der Waals surface area contributed by atoms with Gasteiger partial charge in [0.25, 0.3) is 0 Å².